The van der Waals surface area contributed by atoms with Crippen LogP contribution in [0.3, 0.4) is 0 Å². The van der Waals surface area contributed by atoms with Crippen LogP contribution in [0.2, 0.25) is 0 Å². The van der Waals surface area contributed by atoms with Crippen LogP contribution in [-0.2, 0) is 0 Å². The highest BCUT2D eigenvalue weighted by Gasteiger charge is 2.16. The summed E-state index contributed by atoms with van der Waals surface area (Å²) < 4.78 is 0. The molecule has 1 atom stereocenters. The predicted molar refractivity (Wildman–Crippen MR) is 61.3 cm³/mol. The molecule has 1 aliphatic rings. The van der Waals surface area contributed by atoms with E-state index in [1.165, 1.54) is 57.8 Å². The zero-order chi connectivity index (χ0) is 10.2. The van der Waals surface area contributed by atoms with Crippen molar-refractivity contribution in [2.24, 2.45) is 11.8 Å². The molecule has 1 unspecified atom stereocenters. The number of aliphatic hydroxyl groups excluding tert-OH is 1. The Balaban J connectivity index is 2.30. The highest BCUT2D eigenvalue weighted by atomic mass is 16.3. The van der Waals surface area contributed by atoms with Crippen LogP contribution in [0.4, 0.5) is 0 Å². The molecular weight excluding hydrogens is 172 g/mol. The maximum atomic E-state index is 9.18. The first kappa shape index (κ1) is 12.0. The largest absolute Gasteiger partial charge is 0.396 e. The van der Waals surface area contributed by atoms with Crippen molar-refractivity contribution in [3.63, 3.8) is 0 Å². The number of hydrogen-bond acceptors (Lipinski definition) is 1. The summed E-state index contributed by atoms with van der Waals surface area (Å²) in [5, 5.41) is 9.18. The molecule has 0 spiro atoms. The Morgan fingerprint density at radius 2 is 1.36 bits per heavy atom. The molecule has 1 fully saturated rings. The second-order valence-corrected chi connectivity index (χ2v) is 4.97. The van der Waals surface area contributed by atoms with E-state index in [0.29, 0.717) is 12.5 Å². The molecule has 0 aromatic heterocycles. The highest BCUT2D eigenvalue weighted by Crippen LogP contribution is 2.26. The average molecular weight is 198 g/mol. The van der Waals surface area contributed by atoms with Crippen molar-refractivity contribution >= 4 is 0 Å². The van der Waals surface area contributed by atoms with Gasteiger partial charge in [0, 0.05) is 6.61 Å². The molecule has 1 N–H and O–H groups in total. The molecule has 0 heterocycles. The van der Waals surface area contributed by atoms with Crippen LogP contribution in [0.5, 0.6) is 0 Å². The first-order valence-corrected chi connectivity index (χ1v) is 6.45. The van der Waals surface area contributed by atoms with E-state index in [1.54, 1.807) is 0 Å². The van der Waals surface area contributed by atoms with E-state index in [2.05, 4.69) is 6.92 Å². The van der Waals surface area contributed by atoms with Crippen molar-refractivity contribution in [2.45, 2.75) is 64.7 Å². The molecule has 1 aliphatic carbocycles. The molecule has 1 saturated carbocycles. The maximum Gasteiger partial charge on any atom is 0.0459 e. The average Bonchev–Trinajstić information content (AvgIpc) is 2.24. The van der Waals surface area contributed by atoms with Gasteiger partial charge in [-0.1, -0.05) is 64.7 Å². The molecule has 0 aromatic carbocycles. The summed E-state index contributed by atoms with van der Waals surface area (Å²) in [6.07, 6.45) is 12.6. The van der Waals surface area contributed by atoms with Gasteiger partial charge in [-0.05, 0) is 11.8 Å². The number of aliphatic hydroxyl groups is 1. The monoisotopic (exact) mass is 198 g/mol. The Morgan fingerprint density at radius 1 is 0.929 bits per heavy atom. The smallest absolute Gasteiger partial charge is 0.0459 e. The van der Waals surface area contributed by atoms with Gasteiger partial charge in [-0.25, -0.2) is 0 Å². The molecule has 0 aromatic rings. The summed E-state index contributed by atoms with van der Waals surface area (Å²) in [4.78, 5) is 0. The zero-order valence-electron chi connectivity index (χ0n) is 9.67. The highest BCUT2D eigenvalue weighted by molar-refractivity contribution is 4.67. The summed E-state index contributed by atoms with van der Waals surface area (Å²) in [6, 6.07) is 0. The lowest BCUT2D eigenvalue weighted by Crippen LogP contribution is -2.16. The van der Waals surface area contributed by atoms with E-state index in [1.807, 2.05) is 0 Å². The van der Waals surface area contributed by atoms with E-state index in [4.69, 9.17) is 0 Å². The Bertz CT molecular complexity index is 123. The molecule has 1 heteroatoms. The minimum atomic E-state index is 0.380. The predicted octanol–water partition coefficient (Wildman–Crippen LogP) is 3.76. The van der Waals surface area contributed by atoms with Crippen LogP contribution < -0.4 is 0 Å². The lowest BCUT2D eigenvalue weighted by molar-refractivity contribution is 0.170. The lowest BCUT2D eigenvalue weighted by atomic mass is 9.84. The summed E-state index contributed by atoms with van der Waals surface area (Å²) >= 11 is 0. The zero-order valence-corrected chi connectivity index (χ0v) is 9.67. The van der Waals surface area contributed by atoms with Crippen molar-refractivity contribution in [2.75, 3.05) is 6.61 Å². The number of hydrogen-bond donors (Lipinski definition) is 1. The first-order valence-electron chi connectivity index (χ1n) is 6.45. The molecular formula is C13H26O. The van der Waals surface area contributed by atoms with Gasteiger partial charge in [-0.2, -0.15) is 0 Å². The van der Waals surface area contributed by atoms with E-state index >= 15 is 0 Å². The van der Waals surface area contributed by atoms with Gasteiger partial charge in [-0.3, -0.25) is 0 Å². The van der Waals surface area contributed by atoms with Gasteiger partial charge in [0.15, 0.2) is 0 Å². The fourth-order valence-electron chi connectivity index (χ4n) is 2.56. The molecule has 0 aliphatic heterocycles. The van der Waals surface area contributed by atoms with Crippen LogP contribution in [0.15, 0.2) is 0 Å². The molecule has 0 amide bonds. The van der Waals surface area contributed by atoms with Gasteiger partial charge in [0.1, 0.15) is 0 Å². The van der Waals surface area contributed by atoms with Gasteiger partial charge in [-0.15, -0.1) is 0 Å². The molecule has 1 nitrogen and oxygen atoms in total. The summed E-state index contributed by atoms with van der Waals surface area (Å²) in [6.45, 7) is 2.58. The standard InChI is InChI=1S/C13H26O/c1-12(11-14)13-9-7-5-3-2-4-6-8-10-13/h12-14H,2-11H2,1H3. The van der Waals surface area contributed by atoms with Crippen LogP contribution >= 0.6 is 0 Å². The van der Waals surface area contributed by atoms with E-state index in [9.17, 15) is 5.11 Å². The van der Waals surface area contributed by atoms with Crippen molar-refractivity contribution < 1.29 is 5.11 Å². The summed E-state index contributed by atoms with van der Waals surface area (Å²) in [7, 11) is 0. The van der Waals surface area contributed by atoms with Crippen LogP contribution in [0.1, 0.15) is 64.7 Å². The van der Waals surface area contributed by atoms with Crippen LogP contribution in [0.25, 0.3) is 0 Å². The van der Waals surface area contributed by atoms with E-state index in [-0.39, 0.29) is 0 Å². The van der Waals surface area contributed by atoms with E-state index < -0.39 is 0 Å². The maximum absolute atomic E-state index is 9.18. The second-order valence-electron chi connectivity index (χ2n) is 4.97. The Hall–Kier alpha value is -0.0400. The Kier molecular flexibility index (Phi) is 6.25. The number of rotatable bonds is 2. The Morgan fingerprint density at radius 3 is 1.79 bits per heavy atom. The minimum Gasteiger partial charge on any atom is -0.396 e. The normalized spacial score (nSPS) is 24.4. The van der Waals surface area contributed by atoms with Gasteiger partial charge in [0.2, 0.25) is 0 Å². The van der Waals surface area contributed by atoms with Gasteiger partial charge in [0.25, 0.3) is 0 Å². The fourth-order valence-corrected chi connectivity index (χ4v) is 2.56. The minimum absolute atomic E-state index is 0.380. The molecule has 14 heavy (non-hydrogen) atoms. The Labute approximate surface area is 88.9 Å². The molecule has 0 radical (unpaired) electrons. The van der Waals surface area contributed by atoms with Crippen molar-refractivity contribution in [1.82, 2.24) is 0 Å². The summed E-state index contributed by atoms with van der Waals surface area (Å²) in [5.74, 6) is 1.31. The molecule has 0 bridgehead atoms. The third-order valence-corrected chi connectivity index (χ3v) is 3.74. The van der Waals surface area contributed by atoms with E-state index in [0.717, 1.165) is 5.92 Å². The topological polar surface area (TPSA) is 20.2 Å². The van der Waals surface area contributed by atoms with Gasteiger partial charge < -0.3 is 5.11 Å². The van der Waals surface area contributed by atoms with Crippen molar-refractivity contribution in [3.05, 3.63) is 0 Å². The quantitative estimate of drug-likeness (QED) is 0.716. The fraction of sp³-hybridized carbons (Fsp3) is 1.00. The van der Waals surface area contributed by atoms with Gasteiger partial charge >= 0.3 is 0 Å². The SMILES string of the molecule is CC(CO)C1CCCCCCCCC1. The third kappa shape index (κ3) is 4.45. The molecule has 84 valence electrons. The van der Waals surface area contributed by atoms with Crippen LogP contribution in [-0.4, -0.2) is 11.7 Å². The van der Waals surface area contributed by atoms with Crippen LogP contribution in [0, 0.1) is 11.8 Å². The molecule has 1 rings (SSSR count). The third-order valence-electron chi connectivity index (χ3n) is 3.74. The van der Waals surface area contributed by atoms with Crippen molar-refractivity contribution in [3.8, 4) is 0 Å². The van der Waals surface area contributed by atoms with Gasteiger partial charge in [0.05, 0.1) is 0 Å². The van der Waals surface area contributed by atoms with Crippen molar-refractivity contribution in [1.29, 1.82) is 0 Å². The second kappa shape index (κ2) is 7.28. The first-order chi connectivity index (χ1) is 6.84. The molecule has 0 saturated heterocycles. The summed E-state index contributed by atoms with van der Waals surface area (Å²) in [5.41, 5.74) is 0. The lowest BCUT2D eigenvalue weighted by Gasteiger charge is -2.23.